The molecule has 0 saturated carbocycles. The Bertz CT molecular complexity index is 1230. The van der Waals surface area contributed by atoms with Crippen molar-refractivity contribution >= 4 is 27.6 Å². The molecule has 0 N–H and O–H groups in total. The summed E-state index contributed by atoms with van der Waals surface area (Å²) in [5, 5.41) is 10.7. The molecule has 0 spiro atoms. The Hall–Kier alpha value is -2.71. The molecule has 1 heterocycles. The molecule has 2 aromatic carbocycles. The van der Waals surface area contributed by atoms with E-state index in [4.69, 9.17) is 18.4 Å². The van der Waals surface area contributed by atoms with Crippen LogP contribution in [0.1, 0.15) is 35.3 Å². The van der Waals surface area contributed by atoms with Crippen LogP contribution >= 0.6 is 11.8 Å². The van der Waals surface area contributed by atoms with Gasteiger partial charge >= 0.3 is 22.0 Å². The highest BCUT2D eigenvalue weighted by Gasteiger charge is 2.43. The Labute approximate surface area is 210 Å². The number of rotatable bonds is 9. The summed E-state index contributed by atoms with van der Waals surface area (Å²) in [6.07, 6.45) is -3.91. The van der Waals surface area contributed by atoms with Gasteiger partial charge in [0.1, 0.15) is 17.1 Å². The fourth-order valence-electron chi connectivity index (χ4n) is 3.99. The maximum absolute atomic E-state index is 14.3. The maximum atomic E-state index is 14.3. The summed E-state index contributed by atoms with van der Waals surface area (Å²) < 4.78 is 88.7. The Morgan fingerprint density at radius 1 is 1.19 bits per heavy atom. The van der Waals surface area contributed by atoms with Gasteiger partial charge < -0.3 is 14.2 Å². The van der Waals surface area contributed by atoms with E-state index >= 15 is 0 Å². The lowest BCUT2D eigenvalue weighted by molar-refractivity contribution is -0.386. The van der Waals surface area contributed by atoms with Gasteiger partial charge in [-0.05, 0) is 48.8 Å². The van der Waals surface area contributed by atoms with E-state index in [9.17, 15) is 31.7 Å². The maximum Gasteiger partial charge on any atom is 0.420 e. The molecule has 0 aromatic heterocycles. The van der Waals surface area contributed by atoms with E-state index in [0.29, 0.717) is 24.2 Å². The van der Waals surface area contributed by atoms with Gasteiger partial charge in [-0.2, -0.15) is 33.4 Å². The van der Waals surface area contributed by atoms with Gasteiger partial charge in [-0.25, -0.2) is 0 Å². The number of nitrogens with zero attached hydrogens (tertiary/aromatic N) is 1. The van der Waals surface area contributed by atoms with E-state index < -0.39 is 60.7 Å². The smallest absolute Gasteiger partial charge is 0.420 e. The molecule has 36 heavy (non-hydrogen) atoms. The summed E-state index contributed by atoms with van der Waals surface area (Å²) in [6, 6.07) is 4.77. The highest BCUT2D eigenvalue weighted by atomic mass is 32.2. The van der Waals surface area contributed by atoms with Crippen molar-refractivity contribution in [3.63, 3.8) is 0 Å². The third kappa shape index (κ3) is 5.65. The summed E-state index contributed by atoms with van der Waals surface area (Å²) in [6.45, 7) is 0.720. The SMILES string of the molecule is CCOS(=O)(=O)c1cccc([N+](=O)[O-])c1OCC1SCCCc2cc(OC)c(OC)c(C(F)(F)F)c21. The number of ether oxygens (including phenoxy) is 3. The molecule has 0 saturated heterocycles. The summed E-state index contributed by atoms with van der Waals surface area (Å²) >= 11 is 1.17. The molecule has 0 aliphatic carbocycles. The molecule has 0 radical (unpaired) electrons. The van der Waals surface area contributed by atoms with Crippen molar-refractivity contribution in [2.75, 3.05) is 33.2 Å². The van der Waals surface area contributed by atoms with Crippen molar-refractivity contribution in [1.82, 2.24) is 0 Å². The minimum atomic E-state index is -4.81. The van der Waals surface area contributed by atoms with Crippen molar-refractivity contribution in [3.05, 3.63) is 51.1 Å². The lowest BCUT2D eigenvalue weighted by Gasteiger charge is -2.26. The van der Waals surface area contributed by atoms with E-state index in [1.807, 2.05) is 0 Å². The van der Waals surface area contributed by atoms with Gasteiger partial charge in [-0.3, -0.25) is 14.3 Å². The topological polar surface area (TPSA) is 114 Å². The zero-order valence-electron chi connectivity index (χ0n) is 19.6. The quantitative estimate of drug-likeness (QED) is 0.237. The van der Waals surface area contributed by atoms with E-state index in [-0.39, 0.29) is 17.9 Å². The zero-order chi connectivity index (χ0) is 26.7. The summed E-state index contributed by atoms with van der Waals surface area (Å²) in [5.74, 6) is -0.678. The van der Waals surface area contributed by atoms with Crippen molar-refractivity contribution in [1.29, 1.82) is 0 Å². The van der Waals surface area contributed by atoms with Crippen LogP contribution in [-0.2, 0) is 26.9 Å². The predicted octanol–water partition coefficient (Wildman–Crippen LogP) is 5.16. The van der Waals surface area contributed by atoms with Crippen LogP contribution in [-0.4, -0.2) is 46.5 Å². The molecule has 1 aliphatic heterocycles. The Kier molecular flexibility index (Phi) is 8.62. The number of benzene rings is 2. The first-order valence-corrected chi connectivity index (χ1v) is 13.2. The van der Waals surface area contributed by atoms with E-state index in [2.05, 4.69) is 0 Å². The molecular weight excluding hydrogens is 527 g/mol. The number of alkyl halides is 3. The molecule has 1 atom stereocenters. The van der Waals surface area contributed by atoms with Gasteiger partial charge in [0.25, 0.3) is 0 Å². The Morgan fingerprint density at radius 2 is 1.92 bits per heavy atom. The largest absolute Gasteiger partial charge is 0.493 e. The number of halogens is 3. The van der Waals surface area contributed by atoms with Crippen molar-refractivity contribution in [2.45, 2.75) is 36.1 Å². The third-order valence-electron chi connectivity index (χ3n) is 5.39. The second kappa shape index (κ2) is 11.1. The molecule has 0 fully saturated rings. The Morgan fingerprint density at radius 3 is 2.50 bits per heavy atom. The van der Waals surface area contributed by atoms with Crippen LogP contribution in [0.5, 0.6) is 17.2 Å². The van der Waals surface area contributed by atoms with E-state index in [1.165, 1.54) is 31.9 Å². The van der Waals surface area contributed by atoms with E-state index in [0.717, 1.165) is 25.3 Å². The molecule has 0 amide bonds. The fourth-order valence-corrected chi connectivity index (χ4v) is 6.26. The van der Waals surface area contributed by atoms with Gasteiger partial charge in [0.2, 0.25) is 5.75 Å². The van der Waals surface area contributed by atoms with Crippen LogP contribution in [0.3, 0.4) is 0 Å². The average molecular weight is 552 g/mol. The molecular formula is C22H24F3NO8S2. The predicted molar refractivity (Wildman–Crippen MR) is 125 cm³/mol. The molecule has 1 aliphatic rings. The second-order valence-corrected chi connectivity index (χ2v) is 10.4. The monoisotopic (exact) mass is 551 g/mol. The molecule has 9 nitrogen and oxygen atoms in total. The summed E-state index contributed by atoms with van der Waals surface area (Å²) in [4.78, 5) is 10.2. The van der Waals surface area contributed by atoms with Gasteiger partial charge in [-0.15, -0.1) is 0 Å². The number of hydrogen-bond donors (Lipinski definition) is 0. The number of nitro groups is 1. The molecule has 198 valence electrons. The minimum absolute atomic E-state index is 0.0704. The number of thioether (sulfide) groups is 1. The van der Waals surface area contributed by atoms with Crippen LogP contribution in [0.2, 0.25) is 0 Å². The molecule has 1 unspecified atom stereocenters. The van der Waals surface area contributed by atoms with Gasteiger partial charge in [0, 0.05) is 6.07 Å². The highest BCUT2D eigenvalue weighted by molar-refractivity contribution is 7.99. The normalized spacial score (nSPS) is 16.1. The van der Waals surface area contributed by atoms with E-state index in [1.54, 1.807) is 0 Å². The first-order valence-electron chi connectivity index (χ1n) is 10.7. The molecule has 14 heteroatoms. The lowest BCUT2D eigenvalue weighted by atomic mass is 9.93. The number of hydrogen-bond acceptors (Lipinski definition) is 9. The number of methoxy groups -OCH3 is 2. The fraction of sp³-hybridized carbons (Fsp3) is 0.455. The number of fused-ring (bicyclic) bond motifs is 1. The summed E-state index contributed by atoms with van der Waals surface area (Å²) in [7, 11) is -2.08. The minimum Gasteiger partial charge on any atom is -0.493 e. The average Bonchev–Trinajstić information content (AvgIpc) is 3.02. The van der Waals surface area contributed by atoms with Crippen LogP contribution in [0.25, 0.3) is 0 Å². The number of aryl methyl sites for hydroxylation is 1. The number of para-hydroxylation sites is 1. The van der Waals surface area contributed by atoms with Crippen LogP contribution < -0.4 is 14.2 Å². The van der Waals surface area contributed by atoms with Crippen LogP contribution in [0.15, 0.2) is 29.2 Å². The second-order valence-electron chi connectivity index (χ2n) is 7.55. The highest BCUT2D eigenvalue weighted by Crippen LogP contribution is 2.51. The van der Waals surface area contributed by atoms with Crippen molar-refractivity contribution in [2.24, 2.45) is 0 Å². The van der Waals surface area contributed by atoms with Gasteiger partial charge in [0.15, 0.2) is 11.5 Å². The first-order chi connectivity index (χ1) is 17.0. The van der Waals surface area contributed by atoms with Gasteiger partial charge in [0.05, 0.1) is 31.0 Å². The lowest BCUT2D eigenvalue weighted by Crippen LogP contribution is -2.19. The first kappa shape index (κ1) is 27.9. The van der Waals surface area contributed by atoms with Crippen molar-refractivity contribution in [3.8, 4) is 17.2 Å². The third-order valence-corrected chi connectivity index (χ3v) is 8.09. The zero-order valence-corrected chi connectivity index (χ0v) is 21.2. The molecule has 3 rings (SSSR count). The number of nitro benzene ring substituents is 1. The van der Waals surface area contributed by atoms with Crippen LogP contribution in [0, 0.1) is 10.1 Å². The molecule has 2 aromatic rings. The Balaban J connectivity index is 2.15. The standard InChI is InChI=1S/C22H24F3NO8S2/c1-4-34-36(29,30)17-9-5-8-14(26(27)28)20(17)33-12-16-18-13(7-6-10-35-16)11-15(31-2)21(32-3)19(18)22(23,24)25/h5,8-9,11,16H,4,6-7,10,12H2,1-3H3. The van der Waals surface area contributed by atoms with Crippen LogP contribution in [0.4, 0.5) is 18.9 Å². The van der Waals surface area contributed by atoms with Crippen molar-refractivity contribution < 1.29 is 44.9 Å². The molecule has 0 bridgehead atoms. The summed E-state index contributed by atoms with van der Waals surface area (Å²) in [5.41, 5.74) is -1.39. The van der Waals surface area contributed by atoms with Gasteiger partial charge in [-0.1, -0.05) is 6.07 Å².